The molecule has 0 bridgehead atoms. The van der Waals surface area contributed by atoms with E-state index in [0.29, 0.717) is 30.6 Å². The number of nitrogen functional groups attached to an aromatic ring is 1. The van der Waals surface area contributed by atoms with Gasteiger partial charge in [-0.25, -0.2) is 9.97 Å². The fourth-order valence-electron chi connectivity index (χ4n) is 1.53. The summed E-state index contributed by atoms with van der Waals surface area (Å²) in [5.74, 6) is 1.69. The van der Waals surface area contributed by atoms with Crippen LogP contribution in [0.2, 0.25) is 0 Å². The molecule has 0 amide bonds. The van der Waals surface area contributed by atoms with Crippen LogP contribution in [0.3, 0.4) is 0 Å². The van der Waals surface area contributed by atoms with Crippen LogP contribution in [0.15, 0.2) is 24.5 Å². The Hall–Kier alpha value is -2.15. The Morgan fingerprint density at radius 2 is 2.33 bits per heavy atom. The van der Waals surface area contributed by atoms with Gasteiger partial charge in [0, 0.05) is 32.1 Å². The van der Waals surface area contributed by atoms with Gasteiger partial charge in [-0.3, -0.25) is 4.68 Å². The highest BCUT2D eigenvalue weighted by Crippen LogP contribution is 2.08. The summed E-state index contributed by atoms with van der Waals surface area (Å²) in [5.41, 5.74) is 5.69. The number of nitrogens with zero attached hydrogens (tertiary/aromatic N) is 4. The van der Waals surface area contributed by atoms with Crippen molar-refractivity contribution in [2.75, 3.05) is 24.7 Å². The summed E-state index contributed by atoms with van der Waals surface area (Å²) < 4.78 is 6.82. The summed E-state index contributed by atoms with van der Waals surface area (Å²) in [6.45, 7) is 1.82. The molecule has 3 N–H and O–H groups in total. The highest BCUT2D eigenvalue weighted by Gasteiger charge is 2.02. The lowest BCUT2D eigenvalue weighted by Gasteiger charge is -2.08. The maximum absolute atomic E-state index is 5.69. The molecule has 0 fully saturated rings. The van der Waals surface area contributed by atoms with Crippen molar-refractivity contribution in [3.05, 3.63) is 30.4 Å². The average Bonchev–Trinajstić information content (AvgIpc) is 2.82. The second-order valence-electron chi connectivity index (χ2n) is 3.72. The Kier molecular flexibility index (Phi) is 4.08. The van der Waals surface area contributed by atoms with Crippen molar-refractivity contribution in [1.82, 2.24) is 19.7 Å². The monoisotopic (exact) mass is 248 g/mol. The number of hydrogen-bond acceptors (Lipinski definition) is 6. The number of ether oxygens (including phenoxy) is 1. The molecule has 2 heterocycles. The zero-order chi connectivity index (χ0) is 12.8. The van der Waals surface area contributed by atoms with Crippen LogP contribution >= 0.6 is 0 Å². The predicted octanol–water partition coefficient (Wildman–Crippen LogP) is 0.514. The molecule has 2 aromatic heterocycles. The molecule has 7 heteroatoms. The number of nitrogens with one attached hydrogen (secondary N) is 1. The van der Waals surface area contributed by atoms with E-state index in [9.17, 15) is 0 Å². The van der Waals surface area contributed by atoms with Gasteiger partial charge in [-0.1, -0.05) is 0 Å². The first kappa shape index (κ1) is 12.3. The number of nitrogens with two attached hydrogens (primary N) is 1. The molecule has 0 aromatic carbocycles. The van der Waals surface area contributed by atoms with Crippen LogP contribution in [0.1, 0.15) is 5.82 Å². The van der Waals surface area contributed by atoms with E-state index in [1.165, 1.54) is 0 Å². The molecule has 0 aliphatic rings. The van der Waals surface area contributed by atoms with Crippen molar-refractivity contribution >= 4 is 11.6 Å². The first-order valence-electron chi connectivity index (χ1n) is 5.61. The van der Waals surface area contributed by atoms with Gasteiger partial charge in [0.05, 0.1) is 6.54 Å². The summed E-state index contributed by atoms with van der Waals surface area (Å²) in [6.07, 6.45) is 3.66. The molecule has 2 rings (SSSR count). The van der Waals surface area contributed by atoms with E-state index >= 15 is 0 Å². The maximum Gasteiger partial charge on any atom is 0.158 e. The Morgan fingerprint density at radius 3 is 3.06 bits per heavy atom. The molecule has 0 saturated heterocycles. The van der Waals surface area contributed by atoms with Gasteiger partial charge in [0.15, 0.2) is 5.82 Å². The van der Waals surface area contributed by atoms with Crippen molar-refractivity contribution in [3.8, 4) is 0 Å². The highest BCUT2D eigenvalue weighted by molar-refractivity contribution is 5.44. The third kappa shape index (κ3) is 3.42. The largest absolute Gasteiger partial charge is 0.384 e. The molecule has 7 nitrogen and oxygen atoms in total. The summed E-state index contributed by atoms with van der Waals surface area (Å²) in [4.78, 5) is 8.35. The zero-order valence-electron chi connectivity index (χ0n) is 10.2. The van der Waals surface area contributed by atoms with Gasteiger partial charge in [-0.2, -0.15) is 5.10 Å². The SMILES string of the molecule is COCc1nc(N)cc(NCCn2cccn2)n1. The molecule has 0 aliphatic carbocycles. The Bertz CT molecular complexity index is 484. The van der Waals surface area contributed by atoms with Crippen LogP contribution < -0.4 is 11.1 Å². The Morgan fingerprint density at radius 1 is 1.44 bits per heavy atom. The third-order valence-corrected chi connectivity index (χ3v) is 2.27. The van der Waals surface area contributed by atoms with Gasteiger partial charge in [-0.05, 0) is 6.07 Å². The molecule has 0 aliphatic heterocycles. The van der Waals surface area contributed by atoms with E-state index in [1.54, 1.807) is 19.4 Å². The Labute approximate surface area is 105 Å². The van der Waals surface area contributed by atoms with Crippen LogP contribution in [-0.4, -0.2) is 33.4 Å². The predicted molar refractivity (Wildman–Crippen MR) is 67.9 cm³/mol. The first-order valence-corrected chi connectivity index (χ1v) is 5.61. The van der Waals surface area contributed by atoms with Crippen LogP contribution in [0, 0.1) is 0 Å². The number of aromatic nitrogens is 4. The number of rotatable bonds is 6. The van der Waals surface area contributed by atoms with Gasteiger partial charge in [0.1, 0.15) is 18.2 Å². The van der Waals surface area contributed by atoms with E-state index in [0.717, 1.165) is 6.54 Å². The molecule has 2 aromatic rings. The molecule has 96 valence electrons. The summed E-state index contributed by atoms with van der Waals surface area (Å²) >= 11 is 0. The lowest BCUT2D eigenvalue weighted by molar-refractivity contribution is 0.178. The van der Waals surface area contributed by atoms with Gasteiger partial charge >= 0.3 is 0 Å². The molecule has 0 atom stereocenters. The van der Waals surface area contributed by atoms with E-state index in [-0.39, 0.29) is 0 Å². The van der Waals surface area contributed by atoms with Gasteiger partial charge in [-0.15, -0.1) is 0 Å². The standard InChI is InChI=1S/C11H16N6O/c1-18-8-11-15-9(12)7-10(16-11)13-4-6-17-5-2-3-14-17/h2-3,5,7H,4,6,8H2,1H3,(H3,12,13,15,16). The van der Waals surface area contributed by atoms with E-state index < -0.39 is 0 Å². The molecular formula is C11H16N6O. The average molecular weight is 248 g/mol. The maximum atomic E-state index is 5.69. The number of anilines is 2. The van der Waals surface area contributed by atoms with E-state index in [2.05, 4.69) is 20.4 Å². The molecule has 0 radical (unpaired) electrons. The van der Waals surface area contributed by atoms with Crippen molar-refractivity contribution in [2.24, 2.45) is 0 Å². The van der Waals surface area contributed by atoms with Crippen LogP contribution in [0.5, 0.6) is 0 Å². The lowest BCUT2D eigenvalue weighted by Crippen LogP contribution is -2.13. The molecule has 0 spiro atoms. The summed E-state index contributed by atoms with van der Waals surface area (Å²) in [6, 6.07) is 3.58. The minimum absolute atomic E-state index is 0.346. The first-order chi connectivity index (χ1) is 8.78. The van der Waals surface area contributed by atoms with E-state index in [4.69, 9.17) is 10.5 Å². The number of methoxy groups -OCH3 is 1. The minimum atomic E-state index is 0.346. The van der Waals surface area contributed by atoms with Crippen molar-refractivity contribution in [3.63, 3.8) is 0 Å². The third-order valence-electron chi connectivity index (χ3n) is 2.27. The highest BCUT2D eigenvalue weighted by atomic mass is 16.5. The van der Waals surface area contributed by atoms with E-state index in [1.807, 2.05) is 16.9 Å². The summed E-state index contributed by atoms with van der Waals surface area (Å²) in [5, 5.41) is 7.29. The van der Waals surface area contributed by atoms with Crippen LogP contribution in [-0.2, 0) is 17.9 Å². The van der Waals surface area contributed by atoms with Crippen molar-refractivity contribution in [2.45, 2.75) is 13.2 Å². The zero-order valence-corrected chi connectivity index (χ0v) is 10.2. The lowest BCUT2D eigenvalue weighted by atomic mass is 10.4. The Balaban J connectivity index is 1.92. The van der Waals surface area contributed by atoms with Crippen molar-refractivity contribution < 1.29 is 4.74 Å². The molecule has 0 unspecified atom stereocenters. The smallest absolute Gasteiger partial charge is 0.158 e. The molecular weight excluding hydrogens is 232 g/mol. The quantitative estimate of drug-likeness (QED) is 0.774. The van der Waals surface area contributed by atoms with Crippen LogP contribution in [0.4, 0.5) is 11.6 Å². The van der Waals surface area contributed by atoms with Gasteiger partial charge in [0.25, 0.3) is 0 Å². The second-order valence-corrected chi connectivity index (χ2v) is 3.72. The molecule has 0 saturated carbocycles. The fourth-order valence-corrected chi connectivity index (χ4v) is 1.53. The second kappa shape index (κ2) is 5.97. The summed E-state index contributed by atoms with van der Waals surface area (Å²) in [7, 11) is 1.59. The minimum Gasteiger partial charge on any atom is -0.384 e. The van der Waals surface area contributed by atoms with Crippen molar-refractivity contribution in [1.29, 1.82) is 0 Å². The topological polar surface area (TPSA) is 90.9 Å². The van der Waals surface area contributed by atoms with Gasteiger partial charge < -0.3 is 15.8 Å². The number of hydrogen-bond donors (Lipinski definition) is 2. The fraction of sp³-hybridized carbons (Fsp3) is 0.364. The van der Waals surface area contributed by atoms with Crippen LogP contribution in [0.25, 0.3) is 0 Å². The normalized spacial score (nSPS) is 10.5. The van der Waals surface area contributed by atoms with Gasteiger partial charge in [0.2, 0.25) is 0 Å². The molecule has 18 heavy (non-hydrogen) atoms.